The number of halogens is 2. The molecule has 1 atom stereocenters. The average molecular weight is 267 g/mol. The van der Waals surface area contributed by atoms with E-state index in [1.54, 1.807) is 0 Å². The van der Waals surface area contributed by atoms with Gasteiger partial charge in [-0.25, -0.2) is 4.39 Å². The number of carbonyl (C=O) groups is 1. The van der Waals surface area contributed by atoms with E-state index in [4.69, 9.17) is 4.74 Å². The molecule has 3 heterocycles. The van der Waals surface area contributed by atoms with Gasteiger partial charge in [0.25, 0.3) is 0 Å². The third-order valence-corrected chi connectivity index (χ3v) is 4.47. The quantitative estimate of drug-likeness (QED) is 0.722. The fraction of sp³-hybridized carbons (Fsp3) is 0.250. The number of nitrogens with zero attached hydrogens (tertiary/aromatic N) is 1. The lowest BCUT2D eigenvalue weighted by molar-refractivity contribution is 0.0974. The Morgan fingerprint density at radius 1 is 1.44 bits per heavy atom. The molecule has 0 radical (unpaired) electrons. The van der Waals surface area contributed by atoms with E-state index in [0.717, 1.165) is 11.8 Å². The molecule has 0 aromatic heterocycles. The summed E-state index contributed by atoms with van der Waals surface area (Å²) in [5.74, 6) is -2.35. The van der Waals surface area contributed by atoms with Crippen molar-refractivity contribution < 1.29 is 18.3 Å². The van der Waals surface area contributed by atoms with Crippen LogP contribution >= 0.6 is 11.8 Å². The molecule has 3 nitrogen and oxygen atoms in total. The molecule has 1 aromatic carbocycles. The van der Waals surface area contributed by atoms with Gasteiger partial charge >= 0.3 is 0 Å². The number of ether oxygens (including phenoxy) is 1. The summed E-state index contributed by atoms with van der Waals surface area (Å²) in [5, 5.41) is 1.87. The van der Waals surface area contributed by atoms with Crippen LogP contribution < -0.4 is 9.64 Å². The second kappa shape index (κ2) is 3.26. The van der Waals surface area contributed by atoms with Crippen LogP contribution in [0.4, 0.5) is 14.5 Å². The molecule has 0 amide bonds. The van der Waals surface area contributed by atoms with Crippen molar-refractivity contribution in [3.8, 4) is 5.75 Å². The van der Waals surface area contributed by atoms with Crippen molar-refractivity contribution in [2.24, 2.45) is 0 Å². The number of Topliss-reactive ketones (excluding diaryl/α,β-unsaturated/α-hetero) is 1. The van der Waals surface area contributed by atoms with Gasteiger partial charge in [-0.2, -0.15) is 4.39 Å². The molecule has 6 heteroatoms. The van der Waals surface area contributed by atoms with Crippen molar-refractivity contribution in [1.82, 2.24) is 0 Å². The van der Waals surface area contributed by atoms with E-state index in [2.05, 4.69) is 0 Å². The summed E-state index contributed by atoms with van der Waals surface area (Å²) in [6.45, 7) is 0.213. The molecule has 1 aromatic rings. The van der Waals surface area contributed by atoms with E-state index in [1.807, 2.05) is 10.3 Å². The topological polar surface area (TPSA) is 29.5 Å². The van der Waals surface area contributed by atoms with E-state index in [9.17, 15) is 13.6 Å². The monoisotopic (exact) mass is 267 g/mol. The molecular formula is C12H7F2NO2S. The van der Waals surface area contributed by atoms with Gasteiger partial charge in [0, 0.05) is 12.0 Å². The largest absolute Gasteiger partial charge is 0.482 e. The van der Waals surface area contributed by atoms with E-state index >= 15 is 0 Å². The third-order valence-electron chi connectivity index (χ3n) is 3.37. The zero-order valence-corrected chi connectivity index (χ0v) is 9.89. The highest BCUT2D eigenvalue weighted by Gasteiger charge is 2.43. The Hall–Kier alpha value is -1.56. The number of carbonyl (C=O) groups excluding carboxylic acids is 1. The standard InChI is InChI=1S/C12H7F2NO2S/c13-7-1-6-8(16)2-9-15-5(4-18-9)3-17-12(10(7)14)11(6)15/h1,4,9H,2-3H2. The maximum Gasteiger partial charge on any atom is 0.202 e. The molecule has 0 fully saturated rings. The first-order valence-electron chi connectivity index (χ1n) is 5.48. The smallest absolute Gasteiger partial charge is 0.202 e. The Balaban J connectivity index is 2.07. The zero-order chi connectivity index (χ0) is 12.4. The van der Waals surface area contributed by atoms with Crippen LogP contribution in [0.2, 0.25) is 0 Å². The number of hydrogen-bond donors (Lipinski definition) is 0. The SMILES string of the molecule is O=C1CC2SC=C3COc4c(F)c(F)cc1c4N32. The number of hydrogen-bond acceptors (Lipinski definition) is 4. The molecule has 0 saturated heterocycles. The van der Waals surface area contributed by atoms with Crippen molar-refractivity contribution in [2.75, 3.05) is 11.5 Å². The van der Waals surface area contributed by atoms with Gasteiger partial charge in [-0.1, -0.05) is 0 Å². The molecular weight excluding hydrogens is 260 g/mol. The lowest BCUT2D eigenvalue weighted by atomic mass is 9.97. The molecule has 0 N–H and O–H groups in total. The Morgan fingerprint density at radius 2 is 2.28 bits per heavy atom. The molecule has 92 valence electrons. The summed E-state index contributed by atoms with van der Waals surface area (Å²) in [4.78, 5) is 13.9. The van der Waals surface area contributed by atoms with Crippen LogP contribution in [-0.2, 0) is 0 Å². The highest BCUT2D eigenvalue weighted by molar-refractivity contribution is 8.03. The first-order valence-corrected chi connectivity index (χ1v) is 6.43. The lowest BCUT2D eigenvalue weighted by Gasteiger charge is -2.38. The van der Waals surface area contributed by atoms with E-state index in [-0.39, 0.29) is 29.1 Å². The summed E-state index contributed by atoms with van der Waals surface area (Å²) < 4.78 is 32.4. The van der Waals surface area contributed by atoms with Crippen LogP contribution in [0, 0.1) is 11.6 Å². The molecule has 0 bridgehead atoms. The maximum absolute atomic E-state index is 13.7. The van der Waals surface area contributed by atoms with Crippen molar-refractivity contribution in [2.45, 2.75) is 11.8 Å². The Labute approximate surface area is 105 Å². The molecule has 0 aliphatic carbocycles. The normalized spacial score (nSPS) is 23.7. The number of benzene rings is 1. The van der Waals surface area contributed by atoms with Crippen LogP contribution in [0.15, 0.2) is 17.2 Å². The van der Waals surface area contributed by atoms with Gasteiger partial charge in [0.05, 0.1) is 16.8 Å². The van der Waals surface area contributed by atoms with Crippen LogP contribution in [0.3, 0.4) is 0 Å². The third kappa shape index (κ3) is 1.11. The molecule has 1 unspecified atom stereocenters. The number of thioether (sulfide) groups is 1. The fourth-order valence-corrected chi connectivity index (χ4v) is 3.69. The number of rotatable bonds is 0. The zero-order valence-electron chi connectivity index (χ0n) is 9.07. The summed E-state index contributed by atoms with van der Waals surface area (Å²) >= 11 is 1.52. The van der Waals surface area contributed by atoms with Crippen LogP contribution in [0.25, 0.3) is 0 Å². The van der Waals surface area contributed by atoms with Crippen LogP contribution in [0.1, 0.15) is 16.8 Å². The summed E-state index contributed by atoms with van der Waals surface area (Å²) in [7, 11) is 0. The second-order valence-electron chi connectivity index (χ2n) is 4.38. The predicted octanol–water partition coefficient (Wildman–Crippen LogP) is 2.66. The van der Waals surface area contributed by atoms with E-state index in [0.29, 0.717) is 12.1 Å². The minimum atomic E-state index is -1.03. The highest BCUT2D eigenvalue weighted by atomic mass is 32.2. The van der Waals surface area contributed by atoms with Gasteiger partial charge in [0.2, 0.25) is 5.82 Å². The first kappa shape index (κ1) is 10.4. The van der Waals surface area contributed by atoms with Gasteiger partial charge in [-0.05, 0) is 11.5 Å². The average Bonchev–Trinajstić information content (AvgIpc) is 2.76. The van der Waals surface area contributed by atoms with Gasteiger partial charge in [-0.15, -0.1) is 11.8 Å². The number of ketones is 1. The van der Waals surface area contributed by atoms with Crippen molar-refractivity contribution in [3.63, 3.8) is 0 Å². The van der Waals surface area contributed by atoms with Crippen LogP contribution in [-0.4, -0.2) is 17.8 Å². The minimum absolute atomic E-state index is 0.0486. The van der Waals surface area contributed by atoms with Crippen molar-refractivity contribution >= 4 is 23.2 Å². The predicted molar refractivity (Wildman–Crippen MR) is 62.7 cm³/mol. The lowest BCUT2D eigenvalue weighted by Crippen LogP contribution is -2.40. The van der Waals surface area contributed by atoms with E-state index < -0.39 is 11.6 Å². The first-order chi connectivity index (χ1) is 8.66. The number of anilines is 1. The second-order valence-corrected chi connectivity index (χ2v) is 5.44. The van der Waals surface area contributed by atoms with E-state index in [1.165, 1.54) is 11.8 Å². The molecule has 4 rings (SSSR count). The highest BCUT2D eigenvalue weighted by Crippen LogP contribution is 2.51. The Kier molecular flexibility index (Phi) is 1.88. The Morgan fingerprint density at radius 3 is 3.11 bits per heavy atom. The fourth-order valence-electron chi connectivity index (χ4n) is 2.58. The summed E-state index contributed by atoms with van der Waals surface area (Å²) in [6, 6.07) is 0.974. The molecule has 18 heavy (non-hydrogen) atoms. The van der Waals surface area contributed by atoms with Gasteiger partial charge < -0.3 is 9.64 Å². The summed E-state index contributed by atoms with van der Waals surface area (Å²) in [5.41, 5.74) is 1.50. The molecule has 3 aliphatic rings. The molecule has 0 saturated carbocycles. The maximum atomic E-state index is 13.7. The van der Waals surface area contributed by atoms with Crippen LogP contribution in [0.5, 0.6) is 5.75 Å². The molecule has 3 aliphatic heterocycles. The Bertz CT molecular complexity index is 629. The van der Waals surface area contributed by atoms with Gasteiger partial charge in [0.1, 0.15) is 6.61 Å². The van der Waals surface area contributed by atoms with Crippen molar-refractivity contribution in [1.29, 1.82) is 0 Å². The van der Waals surface area contributed by atoms with Crippen molar-refractivity contribution in [3.05, 3.63) is 34.4 Å². The minimum Gasteiger partial charge on any atom is -0.482 e. The summed E-state index contributed by atoms with van der Waals surface area (Å²) in [6.07, 6.45) is 0.308. The molecule has 0 spiro atoms. The van der Waals surface area contributed by atoms with Gasteiger partial charge in [0.15, 0.2) is 17.3 Å². The van der Waals surface area contributed by atoms with Gasteiger partial charge in [-0.3, -0.25) is 4.79 Å².